The van der Waals surface area contributed by atoms with Crippen molar-refractivity contribution < 1.29 is 4.79 Å². The van der Waals surface area contributed by atoms with Gasteiger partial charge in [-0.15, -0.1) is 0 Å². The highest BCUT2D eigenvalue weighted by Gasteiger charge is 2.39. The van der Waals surface area contributed by atoms with Crippen LogP contribution in [0.2, 0.25) is 0 Å². The minimum Gasteiger partial charge on any atom is -0.315 e. The number of rotatable bonds is 6. The predicted octanol–water partition coefficient (Wildman–Crippen LogP) is 5.10. The summed E-state index contributed by atoms with van der Waals surface area (Å²) in [5.41, 5.74) is 4.16. The van der Waals surface area contributed by atoms with Crippen LogP contribution < -0.4 is 0 Å². The number of aldehydes is 1. The summed E-state index contributed by atoms with van der Waals surface area (Å²) in [5.74, 6) is 0. The van der Waals surface area contributed by atoms with Gasteiger partial charge >= 0.3 is 0 Å². The Morgan fingerprint density at radius 1 is 0.786 bits per heavy atom. The molecule has 0 bridgehead atoms. The number of hydrogen-bond donors (Lipinski definition) is 0. The third-order valence-electron chi connectivity index (χ3n) is 5.28. The fraction of sp³-hybridized carbons (Fsp3) is 0.120. The lowest BCUT2D eigenvalue weighted by molar-refractivity contribution is 0.111. The molecule has 1 aromatic heterocycles. The van der Waals surface area contributed by atoms with Gasteiger partial charge < -0.3 is 4.57 Å². The van der Waals surface area contributed by atoms with E-state index >= 15 is 0 Å². The zero-order valence-corrected chi connectivity index (χ0v) is 15.8. The quantitative estimate of drug-likeness (QED) is 0.352. The second-order valence-electron chi connectivity index (χ2n) is 6.73. The van der Waals surface area contributed by atoms with Crippen LogP contribution in [-0.4, -0.2) is 15.8 Å². The Labute approximate surface area is 165 Å². The van der Waals surface area contributed by atoms with Crippen LogP contribution in [-0.2, 0) is 12.0 Å². The van der Waals surface area contributed by atoms with Crippen molar-refractivity contribution in [3.05, 3.63) is 125 Å². The Balaban J connectivity index is 2.17. The molecule has 3 aromatic carbocycles. The summed E-state index contributed by atoms with van der Waals surface area (Å²) in [5, 5.41) is 0. The number of nitrogens with zero attached hydrogens (tertiary/aromatic N) is 2. The molecule has 0 aliphatic carbocycles. The SMILES string of the molecule is CCc1c(C=O)ncn1C(c1ccccc1)(c1ccccc1)c1ccccc1. The lowest BCUT2D eigenvalue weighted by Gasteiger charge is -2.38. The first kappa shape index (κ1) is 17.9. The largest absolute Gasteiger partial charge is 0.315 e. The highest BCUT2D eigenvalue weighted by atomic mass is 16.1. The van der Waals surface area contributed by atoms with Crippen molar-refractivity contribution in [1.82, 2.24) is 9.55 Å². The summed E-state index contributed by atoms with van der Waals surface area (Å²) in [4.78, 5) is 16.1. The van der Waals surface area contributed by atoms with Gasteiger partial charge in [0.2, 0.25) is 0 Å². The molecule has 0 radical (unpaired) electrons. The van der Waals surface area contributed by atoms with Crippen LogP contribution in [0.5, 0.6) is 0 Å². The molecule has 0 spiro atoms. The Morgan fingerprint density at radius 2 is 1.21 bits per heavy atom. The molecular formula is C25H22N2O. The van der Waals surface area contributed by atoms with Crippen LogP contribution in [0.25, 0.3) is 0 Å². The van der Waals surface area contributed by atoms with Crippen LogP contribution in [0.15, 0.2) is 97.3 Å². The van der Waals surface area contributed by atoms with Gasteiger partial charge in [-0.25, -0.2) is 4.98 Å². The second kappa shape index (κ2) is 7.65. The van der Waals surface area contributed by atoms with Crippen LogP contribution >= 0.6 is 0 Å². The first-order chi connectivity index (χ1) is 13.8. The van der Waals surface area contributed by atoms with Gasteiger partial charge in [-0.3, -0.25) is 4.79 Å². The summed E-state index contributed by atoms with van der Waals surface area (Å²) in [7, 11) is 0. The number of carbonyl (C=O) groups is 1. The summed E-state index contributed by atoms with van der Waals surface area (Å²) >= 11 is 0. The molecule has 1 heterocycles. The Bertz CT molecular complexity index is 957. The number of carbonyl (C=O) groups excluding carboxylic acids is 1. The summed E-state index contributed by atoms with van der Waals surface area (Å²) in [6.45, 7) is 2.06. The summed E-state index contributed by atoms with van der Waals surface area (Å²) < 4.78 is 2.16. The fourth-order valence-corrected chi connectivity index (χ4v) is 4.08. The van der Waals surface area contributed by atoms with Gasteiger partial charge in [-0.2, -0.15) is 0 Å². The van der Waals surface area contributed by atoms with E-state index in [1.165, 1.54) is 0 Å². The predicted molar refractivity (Wildman–Crippen MR) is 112 cm³/mol. The highest BCUT2D eigenvalue weighted by Crippen LogP contribution is 2.41. The van der Waals surface area contributed by atoms with E-state index in [1.807, 2.05) is 18.2 Å². The molecule has 3 heteroatoms. The van der Waals surface area contributed by atoms with Crippen molar-refractivity contribution in [2.45, 2.75) is 18.9 Å². The number of imidazole rings is 1. The zero-order valence-electron chi connectivity index (χ0n) is 15.8. The topological polar surface area (TPSA) is 34.9 Å². The van der Waals surface area contributed by atoms with E-state index in [9.17, 15) is 4.79 Å². The number of aromatic nitrogens is 2. The molecule has 3 nitrogen and oxygen atoms in total. The molecule has 0 atom stereocenters. The number of hydrogen-bond acceptors (Lipinski definition) is 2. The van der Waals surface area contributed by atoms with Crippen molar-refractivity contribution in [3.63, 3.8) is 0 Å². The van der Waals surface area contributed by atoms with E-state index in [0.29, 0.717) is 12.1 Å². The van der Waals surface area contributed by atoms with Gasteiger partial charge in [0, 0.05) is 5.69 Å². The van der Waals surface area contributed by atoms with Gasteiger partial charge in [-0.05, 0) is 23.1 Å². The normalized spacial score (nSPS) is 11.3. The Kier molecular flexibility index (Phi) is 4.90. The molecule has 0 N–H and O–H groups in total. The smallest absolute Gasteiger partial charge is 0.170 e. The van der Waals surface area contributed by atoms with E-state index in [2.05, 4.69) is 89.3 Å². The van der Waals surface area contributed by atoms with Gasteiger partial charge in [0.05, 0.1) is 6.33 Å². The highest BCUT2D eigenvalue weighted by molar-refractivity contribution is 5.74. The zero-order chi connectivity index (χ0) is 19.4. The van der Waals surface area contributed by atoms with Crippen LogP contribution in [0, 0.1) is 0 Å². The Hall–Kier alpha value is -3.46. The maximum Gasteiger partial charge on any atom is 0.170 e. The van der Waals surface area contributed by atoms with E-state index < -0.39 is 5.54 Å². The molecule has 4 rings (SSSR count). The standard InChI is InChI=1S/C25H22N2O/c1-2-24-23(18-28)26-19-27(24)25(20-12-6-3-7-13-20,21-14-8-4-9-15-21)22-16-10-5-11-17-22/h3-19H,2H2,1H3. The average Bonchev–Trinajstić information content (AvgIpc) is 3.20. The molecule has 0 aliphatic heterocycles. The lowest BCUT2D eigenvalue weighted by atomic mass is 9.76. The molecule has 138 valence electrons. The molecule has 4 aromatic rings. The third-order valence-corrected chi connectivity index (χ3v) is 5.28. The van der Waals surface area contributed by atoms with E-state index in [-0.39, 0.29) is 0 Å². The van der Waals surface area contributed by atoms with Gasteiger partial charge in [0.25, 0.3) is 0 Å². The van der Waals surface area contributed by atoms with E-state index in [1.54, 1.807) is 6.33 Å². The van der Waals surface area contributed by atoms with Crippen molar-refractivity contribution >= 4 is 6.29 Å². The van der Waals surface area contributed by atoms with Gasteiger partial charge in [0.15, 0.2) is 6.29 Å². The van der Waals surface area contributed by atoms with Crippen molar-refractivity contribution in [2.75, 3.05) is 0 Å². The first-order valence-corrected chi connectivity index (χ1v) is 9.50. The third kappa shape index (κ3) is 2.76. The van der Waals surface area contributed by atoms with Crippen LogP contribution in [0.3, 0.4) is 0 Å². The fourth-order valence-electron chi connectivity index (χ4n) is 4.08. The minimum absolute atomic E-state index is 0.495. The first-order valence-electron chi connectivity index (χ1n) is 9.50. The maximum absolute atomic E-state index is 11.7. The van der Waals surface area contributed by atoms with E-state index in [0.717, 1.165) is 28.7 Å². The van der Waals surface area contributed by atoms with Crippen LogP contribution in [0.1, 0.15) is 39.8 Å². The minimum atomic E-state index is -0.622. The lowest BCUT2D eigenvalue weighted by Crippen LogP contribution is -2.38. The van der Waals surface area contributed by atoms with Gasteiger partial charge in [-0.1, -0.05) is 97.9 Å². The molecule has 0 unspecified atom stereocenters. The molecule has 28 heavy (non-hydrogen) atoms. The summed E-state index contributed by atoms with van der Waals surface area (Å²) in [6.07, 6.45) is 3.36. The molecule has 0 amide bonds. The number of benzene rings is 3. The van der Waals surface area contributed by atoms with Crippen molar-refractivity contribution in [1.29, 1.82) is 0 Å². The summed E-state index contributed by atoms with van der Waals surface area (Å²) in [6, 6.07) is 31.2. The van der Waals surface area contributed by atoms with Gasteiger partial charge in [0.1, 0.15) is 11.2 Å². The van der Waals surface area contributed by atoms with E-state index in [4.69, 9.17) is 0 Å². The molecule has 0 aliphatic rings. The molecule has 0 saturated heterocycles. The molecule has 0 fully saturated rings. The second-order valence-corrected chi connectivity index (χ2v) is 6.73. The van der Waals surface area contributed by atoms with Crippen molar-refractivity contribution in [2.24, 2.45) is 0 Å². The van der Waals surface area contributed by atoms with Crippen molar-refractivity contribution in [3.8, 4) is 0 Å². The monoisotopic (exact) mass is 366 g/mol. The average molecular weight is 366 g/mol. The molecule has 0 saturated carbocycles. The maximum atomic E-state index is 11.7. The Morgan fingerprint density at radius 3 is 1.57 bits per heavy atom. The van der Waals surface area contributed by atoms with Crippen LogP contribution in [0.4, 0.5) is 0 Å². The molecular weight excluding hydrogens is 344 g/mol.